The monoisotopic (exact) mass is 241 g/mol. The molecule has 2 nitrogen and oxygen atoms in total. The molecule has 15 heavy (non-hydrogen) atoms. The van der Waals surface area contributed by atoms with Gasteiger partial charge in [-0.3, -0.25) is 4.79 Å². The smallest absolute Gasteiger partial charge is 0.344 e. The highest BCUT2D eigenvalue weighted by atomic mass is 32.2. The van der Waals surface area contributed by atoms with E-state index in [1.54, 1.807) is 11.8 Å². The van der Waals surface area contributed by atoms with Crippen LogP contribution < -0.4 is 5.32 Å². The molecule has 1 aliphatic carbocycles. The first kappa shape index (κ1) is 12.7. The minimum absolute atomic E-state index is 0.140. The zero-order valence-corrected chi connectivity index (χ0v) is 9.25. The highest BCUT2D eigenvalue weighted by Gasteiger charge is 2.41. The van der Waals surface area contributed by atoms with Crippen LogP contribution in [0.25, 0.3) is 0 Å². The van der Waals surface area contributed by atoms with Gasteiger partial charge in [0.15, 0.2) is 0 Å². The summed E-state index contributed by atoms with van der Waals surface area (Å²) >= 11 is 1.62. The standard InChI is InChI=1S/C9H14F3NOS/c1-2-15-7-5-3-4-6(7)13-8(14)9(10,11)12/h6-7H,2-5H2,1H3,(H,13,14). The van der Waals surface area contributed by atoms with Crippen LogP contribution in [-0.2, 0) is 4.79 Å². The van der Waals surface area contributed by atoms with E-state index in [0.717, 1.165) is 18.6 Å². The van der Waals surface area contributed by atoms with Crippen molar-refractivity contribution in [2.75, 3.05) is 5.75 Å². The van der Waals surface area contributed by atoms with Crippen LogP contribution >= 0.6 is 11.8 Å². The average Bonchev–Trinajstić information content (AvgIpc) is 2.52. The van der Waals surface area contributed by atoms with Gasteiger partial charge in [-0.25, -0.2) is 0 Å². The number of amides is 1. The van der Waals surface area contributed by atoms with Gasteiger partial charge in [-0.15, -0.1) is 0 Å². The van der Waals surface area contributed by atoms with Gasteiger partial charge in [0, 0.05) is 11.3 Å². The van der Waals surface area contributed by atoms with Gasteiger partial charge >= 0.3 is 12.1 Å². The van der Waals surface area contributed by atoms with Crippen molar-refractivity contribution in [2.24, 2.45) is 0 Å². The number of alkyl halides is 3. The molecule has 0 aliphatic heterocycles. The summed E-state index contributed by atoms with van der Waals surface area (Å²) in [5.41, 5.74) is 0. The largest absolute Gasteiger partial charge is 0.471 e. The molecule has 0 aromatic carbocycles. The summed E-state index contributed by atoms with van der Waals surface area (Å²) in [4.78, 5) is 10.7. The second-order valence-corrected chi connectivity index (χ2v) is 5.02. The second kappa shape index (κ2) is 5.09. The molecule has 0 bridgehead atoms. The normalized spacial score (nSPS) is 26.7. The Labute approximate surface area is 91.0 Å². The maximum absolute atomic E-state index is 12.0. The van der Waals surface area contributed by atoms with E-state index in [0.29, 0.717) is 6.42 Å². The molecule has 0 aromatic rings. The summed E-state index contributed by atoms with van der Waals surface area (Å²) in [5, 5.41) is 2.21. The van der Waals surface area contributed by atoms with Gasteiger partial charge in [0.2, 0.25) is 0 Å². The maximum Gasteiger partial charge on any atom is 0.471 e. The summed E-state index contributed by atoms with van der Waals surface area (Å²) < 4.78 is 36.0. The minimum atomic E-state index is -4.76. The van der Waals surface area contributed by atoms with Crippen LogP contribution in [0.5, 0.6) is 0 Å². The fraction of sp³-hybridized carbons (Fsp3) is 0.889. The van der Waals surface area contributed by atoms with E-state index in [9.17, 15) is 18.0 Å². The van der Waals surface area contributed by atoms with Gasteiger partial charge in [-0.05, 0) is 18.6 Å². The van der Waals surface area contributed by atoms with Crippen LogP contribution in [-0.4, -0.2) is 29.1 Å². The summed E-state index contributed by atoms with van der Waals surface area (Å²) in [6, 6.07) is -0.316. The van der Waals surface area contributed by atoms with Crippen LogP contribution in [0.3, 0.4) is 0 Å². The maximum atomic E-state index is 12.0. The number of hydrogen-bond acceptors (Lipinski definition) is 2. The van der Waals surface area contributed by atoms with Crippen molar-refractivity contribution in [3.05, 3.63) is 0 Å². The average molecular weight is 241 g/mol. The van der Waals surface area contributed by atoms with Crippen LogP contribution in [0.2, 0.25) is 0 Å². The molecule has 0 heterocycles. The molecule has 6 heteroatoms. The van der Waals surface area contributed by atoms with Crippen LogP contribution in [0.4, 0.5) is 13.2 Å². The summed E-state index contributed by atoms with van der Waals surface area (Å²) in [6.07, 6.45) is -2.33. The SMILES string of the molecule is CCSC1CCCC1NC(=O)C(F)(F)F. The predicted octanol–water partition coefficient (Wildman–Crippen LogP) is 2.34. The second-order valence-electron chi connectivity index (χ2n) is 3.50. The molecule has 2 unspecified atom stereocenters. The van der Waals surface area contributed by atoms with Gasteiger partial charge in [0.05, 0.1) is 0 Å². The van der Waals surface area contributed by atoms with Crippen LogP contribution in [0.15, 0.2) is 0 Å². The van der Waals surface area contributed by atoms with Crippen LogP contribution in [0.1, 0.15) is 26.2 Å². The molecule has 1 fully saturated rings. The molecule has 1 aliphatic rings. The van der Waals surface area contributed by atoms with Gasteiger partial charge < -0.3 is 5.32 Å². The molecule has 1 saturated carbocycles. The fourth-order valence-corrected chi connectivity index (χ4v) is 2.95. The first-order valence-electron chi connectivity index (χ1n) is 4.94. The molecule has 0 radical (unpaired) electrons. The molecule has 1 N–H and O–H groups in total. The molecule has 1 amide bonds. The Morgan fingerprint density at radius 2 is 2.13 bits per heavy atom. The molecule has 0 aromatic heterocycles. The molecule has 1 rings (SSSR count). The Balaban J connectivity index is 2.47. The Hall–Kier alpha value is -0.390. The number of carbonyl (C=O) groups is 1. The van der Waals surface area contributed by atoms with Gasteiger partial charge in [-0.2, -0.15) is 24.9 Å². The van der Waals surface area contributed by atoms with E-state index in [1.807, 2.05) is 6.92 Å². The molecule has 0 spiro atoms. The van der Waals surface area contributed by atoms with Gasteiger partial charge in [0.25, 0.3) is 0 Å². The number of carbonyl (C=O) groups excluding carboxylic acids is 1. The highest BCUT2D eigenvalue weighted by molar-refractivity contribution is 7.99. The number of hydrogen-bond donors (Lipinski definition) is 1. The lowest BCUT2D eigenvalue weighted by atomic mass is 10.2. The molecule has 0 saturated heterocycles. The summed E-state index contributed by atoms with van der Waals surface area (Å²) in [7, 11) is 0. The third kappa shape index (κ3) is 3.59. The van der Waals surface area contributed by atoms with E-state index < -0.39 is 12.1 Å². The van der Waals surface area contributed by atoms with E-state index in [1.165, 1.54) is 0 Å². The molecule has 88 valence electrons. The minimum Gasteiger partial charge on any atom is -0.344 e. The lowest BCUT2D eigenvalue weighted by molar-refractivity contribution is -0.174. The zero-order valence-electron chi connectivity index (χ0n) is 8.43. The number of thioether (sulfide) groups is 1. The van der Waals surface area contributed by atoms with Crippen molar-refractivity contribution >= 4 is 17.7 Å². The number of halogens is 3. The van der Waals surface area contributed by atoms with Crippen molar-refractivity contribution < 1.29 is 18.0 Å². The Morgan fingerprint density at radius 3 is 2.67 bits per heavy atom. The predicted molar refractivity (Wildman–Crippen MR) is 53.8 cm³/mol. The first-order valence-corrected chi connectivity index (χ1v) is 5.99. The number of rotatable bonds is 3. The van der Waals surface area contributed by atoms with Crippen molar-refractivity contribution in [1.82, 2.24) is 5.32 Å². The van der Waals surface area contributed by atoms with Crippen molar-refractivity contribution in [3.63, 3.8) is 0 Å². The Bertz CT molecular complexity index is 232. The third-order valence-corrected chi connectivity index (χ3v) is 3.73. The third-order valence-electron chi connectivity index (χ3n) is 2.41. The van der Waals surface area contributed by atoms with Crippen LogP contribution in [0, 0.1) is 0 Å². The highest BCUT2D eigenvalue weighted by Crippen LogP contribution is 2.30. The van der Waals surface area contributed by atoms with E-state index in [2.05, 4.69) is 5.32 Å². The number of nitrogens with one attached hydrogen (secondary N) is 1. The topological polar surface area (TPSA) is 29.1 Å². The summed E-state index contributed by atoms with van der Waals surface area (Å²) in [5.74, 6) is -0.945. The van der Waals surface area contributed by atoms with Gasteiger partial charge in [0.1, 0.15) is 0 Å². The Morgan fingerprint density at radius 1 is 1.47 bits per heavy atom. The lowest BCUT2D eigenvalue weighted by Gasteiger charge is -2.20. The van der Waals surface area contributed by atoms with E-state index in [-0.39, 0.29) is 11.3 Å². The molecular formula is C9H14F3NOS. The van der Waals surface area contributed by atoms with Crippen molar-refractivity contribution in [3.8, 4) is 0 Å². The van der Waals surface area contributed by atoms with Gasteiger partial charge in [-0.1, -0.05) is 13.3 Å². The zero-order chi connectivity index (χ0) is 11.5. The van der Waals surface area contributed by atoms with Crippen molar-refractivity contribution in [2.45, 2.75) is 43.7 Å². The molecular weight excluding hydrogens is 227 g/mol. The summed E-state index contributed by atoms with van der Waals surface area (Å²) in [6.45, 7) is 1.96. The fourth-order valence-electron chi connectivity index (χ4n) is 1.75. The Kier molecular flexibility index (Phi) is 4.31. The first-order chi connectivity index (χ1) is 6.95. The van der Waals surface area contributed by atoms with E-state index in [4.69, 9.17) is 0 Å². The molecule has 2 atom stereocenters. The lowest BCUT2D eigenvalue weighted by Crippen LogP contribution is -2.45. The van der Waals surface area contributed by atoms with Crippen molar-refractivity contribution in [1.29, 1.82) is 0 Å². The quantitative estimate of drug-likeness (QED) is 0.821. The van der Waals surface area contributed by atoms with E-state index >= 15 is 0 Å².